The molecule has 1 unspecified atom stereocenters. The molecule has 12 heteroatoms. The fraction of sp³-hybridized carbons (Fsp3) is 0.261. The van der Waals surface area contributed by atoms with Crippen molar-refractivity contribution in [1.82, 2.24) is 4.37 Å². The molecule has 3 rings (SSSR count). The van der Waals surface area contributed by atoms with Crippen LogP contribution in [0.15, 0.2) is 35.7 Å². The molecule has 1 aromatic heterocycles. The monoisotopic (exact) mass is 522 g/mol. The number of amides is 2. The summed E-state index contributed by atoms with van der Waals surface area (Å²) in [4.78, 5) is 23.6. The molecular formula is C23H27ClN4O6S. The van der Waals surface area contributed by atoms with Gasteiger partial charge in [-0.1, -0.05) is 6.07 Å². The van der Waals surface area contributed by atoms with Gasteiger partial charge >= 0.3 is 0 Å². The molecule has 5 N–H and O–H groups in total. The predicted octanol–water partition coefficient (Wildman–Crippen LogP) is 3.07. The Balaban J connectivity index is 0.00000432. The Labute approximate surface area is 213 Å². The second-order valence-electron chi connectivity index (χ2n) is 7.17. The lowest BCUT2D eigenvalue weighted by Gasteiger charge is -2.16. The van der Waals surface area contributed by atoms with E-state index in [1.165, 1.54) is 25.8 Å². The predicted molar refractivity (Wildman–Crippen MR) is 137 cm³/mol. The van der Waals surface area contributed by atoms with E-state index in [1.54, 1.807) is 26.4 Å². The van der Waals surface area contributed by atoms with Crippen LogP contribution in [-0.2, 0) is 9.59 Å². The molecule has 1 heterocycles. The topological polar surface area (TPSA) is 148 Å². The molecule has 0 spiro atoms. The summed E-state index contributed by atoms with van der Waals surface area (Å²) in [6.07, 6.45) is -0.270. The van der Waals surface area contributed by atoms with Gasteiger partial charge in [-0.2, -0.15) is 4.37 Å². The average Bonchev–Trinajstić information content (AvgIpc) is 3.32. The smallest absolute Gasteiger partial charge is 0.241 e. The number of benzene rings is 2. The van der Waals surface area contributed by atoms with Gasteiger partial charge in [0.2, 0.25) is 17.6 Å². The van der Waals surface area contributed by atoms with Crippen LogP contribution in [0.2, 0.25) is 0 Å². The van der Waals surface area contributed by atoms with Crippen LogP contribution in [0, 0.1) is 0 Å². The number of ether oxygens (including phenoxy) is 4. The number of anilines is 1. The summed E-state index contributed by atoms with van der Waals surface area (Å²) in [5.74, 6) is 0.697. The van der Waals surface area contributed by atoms with E-state index in [0.717, 1.165) is 16.7 Å². The van der Waals surface area contributed by atoms with Gasteiger partial charge in [0, 0.05) is 16.5 Å². The van der Waals surface area contributed by atoms with Crippen LogP contribution in [0.1, 0.15) is 6.42 Å². The maximum atomic E-state index is 12.5. The number of carbonyl (C=O) groups is 2. The van der Waals surface area contributed by atoms with Crippen molar-refractivity contribution in [1.29, 1.82) is 0 Å². The van der Waals surface area contributed by atoms with Crippen molar-refractivity contribution in [2.75, 3.05) is 33.8 Å². The van der Waals surface area contributed by atoms with Crippen LogP contribution in [-0.4, -0.2) is 50.7 Å². The summed E-state index contributed by atoms with van der Waals surface area (Å²) < 4.78 is 26.3. The minimum Gasteiger partial charge on any atom is -0.495 e. The molecule has 0 aliphatic rings. The molecule has 0 radical (unpaired) electrons. The zero-order chi connectivity index (χ0) is 24.8. The number of aromatic nitrogens is 1. The Morgan fingerprint density at radius 1 is 0.971 bits per heavy atom. The zero-order valence-electron chi connectivity index (χ0n) is 19.6. The van der Waals surface area contributed by atoms with Gasteiger partial charge in [-0.05, 0) is 41.4 Å². The van der Waals surface area contributed by atoms with E-state index in [2.05, 4.69) is 9.69 Å². The maximum absolute atomic E-state index is 12.5. The van der Waals surface area contributed by atoms with E-state index in [-0.39, 0.29) is 18.8 Å². The molecule has 0 bridgehead atoms. The number of nitrogens with one attached hydrogen (secondary N) is 1. The second-order valence-corrected chi connectivity index (χ2v) is 7.80. The first-order chi connectivity index (χ1) is 16.3. The summed E-state index contributed by atoms with van der Waals surface area (Å²) in [5.41, 5.74) is 14.4. The fourth-order valence-corrected chi connectivity index (χ4v) is 4.09. The standard InChI is InChI=1S/C23H26N4O6S.ClH/c1-30-17-6-5-12(7-16(17)26-23(29)15(24)10-20(25)28)14-11-34-27-21(14)13-8-18(31-2)22(33-4)19(9-13)32-3;/h5-9,11,15H,10,24H2,1-4H3,(H2,25,28)(H,26,29);1H. The molecule has 188 valence electrons. The molecule has 0 aliphatic carbocycles. The van der Waals surface area contributed by atoms with Gasteiger partial charge in [0.05, 0.1) is 52.3 Å². The third kappa shape index (κ3) is 6.13. The van der Waals surface area contributed by atoms with Crippen LogP contribution in [0.25, 0.3) is 22.4 Å². The van der Waals surface area contributed by atoms with Gasteiger partial charge in [-0.3, -0.25) is 9.59 Å². The lowest BCUT2D eigenvalue weighted by molar-refractivity contribution is -0.123. The Morgan fingerprint density at radius 2 is 1.60 bits per heavy atom. The van der Waals surface area contributed by atoms with Crippen molar-refractivity contribution >= 4 is 41.4 Å². The molecule has 0 saturated carbocycles. The van der Waals surface area contributed by atoms with Crippen LogP contribution < -0.4 is 35.7 Å². The van der Waals surface area contributed by atoms with Gasteiger partial charge in [0.15, 0.2) is 11.5 Å². The summed E-state index contributed by atoms with van der Waals surface area (Å²) >= 11 is 1.28. The highest BCUT2D eigenvalue weighted by molar-refractivity contribution is 7.04. The minimum absolute atomic E-state index is 0. The molecule has 2 aromatic carbocycles. The van der Waals surface area contributed by atoms with Gasteiger partial charge in [0.1, 0.15) is 5.75 Å². The lowest BCUT2D eigenvalue weighted by Crippen LogP contribution is -2.39. The van der Waals surface area contributed by atoms with Crippen molar-refractivity contribution in [3.63, 3.8) is 0 Å². The third-order valence-corrected chi connectivity index (χ3v) is 5.66. The van der Waals surface area contributed by atoms with E-state index in [1.807, 2.05) is 23.6 Å². The summed E-state index contributed by atoms with van der Waals surface area (Å²) in [7, 11) is 6.12. The largest absolute Gasteiger partial charge is 0.495 e. The lowest BCUT2D eigenvalue weighted by atomic mass is 10.0. The number of primary amides is 1. The number of rotatable bonds is 10. The number of halogens is 1. The van der Waals surface area contributed by atoms with E-state index in [4.69, 9.17) is 30.4 Å². The number of hydrogen-bond acceptors (Lipinski definition) is 9. The number of nitrogens with zero attached hydrogens (tertiary/aromatic N) is 1. The Hall–Kier alpha value is -3.54. The Morgan fingerprint density at radius 3 is 2.14 bits per heavy atom. The van der Waals surface area contributed by atoms with Crippen molar-refractivity contribution in [2.24, 2.45) is 11.5 Å². The summed E-state index contributed by atoms with van der Waals surface area (Å²) in [6, 6.07) is 7.87. The quantitative estimate of drug-likeness (QED) is 0.368. The van der Waals surface area contributed by atoms with Crippen molar-refractivity contribution < 1.29 is 28.5 Å². The molecule has 0 aliphatic heterocycles. The molecule has 1 atom stereocenters. The van der Waals surface area contributed by atoms with Crippen LogP contribution in [0.3, 0.4) is 0 Å². The van der Waals surface area contributed by atoms with E-state index in [0.29, 0.717) is 34.4 Å². The van der Waals surface area contributed by atoms with Crippen LogP contribution >= 0.6 is 23.9 Å². The van der Waals surface area contributed by atoms with Crippen molar-refractivity contribution in [2.45, 2.75) is 12.5 Å². The number of methoxy groups -OCH3 is 4. The molecule has 0 fully saturated rings. The Kier molecular flexibility index (Phi) is 9.69. The number of carbonyl (C=O) groups excluding carboxylic acids is 2. The average molecular weight is 523 g/mol. The highest BCUT2D eigenvalue weighted by atomic mass is 35.5. The van der Waals surface area contributed by atoms with Crippen LogP contribution in [0.5, 0.6) is 23.0 Å². The van der Waals surface area contributed by atoms with Crippen molar-refractivity contribution in [3.05, 3.63) is 35.7 Å². The summed E-state index contributed by atoms with van der Waals surface area (Å²) in [6.45, 7) is 0. The van der Waals surface area contributed by atoms with Gasteiger partial charge < -0.3 is 35.7 Å². The number of nitrogens with two attached hydrogens (primary N) is 2. The fourth-order valence-electron chi connectivity index (χ4n) is 3.38. The molecule has 0 saturated heterocycles. The van der Waals surface area contributed by atoms with E-state index in [9.17, 15) is 9.59 Å². The molecule has 2 amide bonds. The second kappa shape index (κ2) is 12.2. The third-order valence-electron chi connectivity index (χ3n) is 5.03. The molecule has 3 aromatic rings. The first-order valence-corrected chi connectivity index (χ1v) is 10.9. The SMILES string of the molecule is COc1ccc(-c2csnc2-c2cc(OC)c(OC)c(OC)c2)cc1NC(=O)C(N)CC(N)=O.Cl. The highest BCUT2D eigenvalue weighted by Gasteiger charge is 2.21. The zero-order valence-corrected chi connectivity index (χ0v) is 21.2. The molecular weight excluding hydrogens is 496 g/mol. The van der Waals surface area contributed by atoms with Crippen molar-refractivity contribution in [3.8, 4) is 45.4 Å². The van der Waals surface area contributed by atoms with E-state index < -0.39 is 17.9 Å². The van der Waals surface area contributed by atoms with Gasteiger partial charge in [-0.15, -0.1) is 12.4 Å². The first-order valence-electron chi connectivity index (χ1n) is 10.1. The van der Waals surface area contributed by atoms with Gasteiger partial charge in [0.25, 0.3) is 0 Å². The normalized spacial score (nSPS) is 11.1. The Bertz CT molecular complexity index is 1180. The maximum Gasteiger partial charge on any atom is 0.241 e. The van der Waals surface area contributed by atoms with E-state index >= 15 is 0 Å². The van der Waals surface area contributed by atoms with Gasteiger partial charge in [-0.25, -0.2) is 0 Å². The first kappa shape index (κ1) is 27.7. The molecule has 35 heavy (non-hydrogen) atoms. The highest BCUT2D eigenvalue weighted by Crippen LogP contribution is 2.44. The summed E-state index contributed by atoms with van der Waals surface area (Å²) in [5, 5.41) is 4.60. The van der Waals surface area contributed by atoms with Crippen LogP contribution in [0.4, 0.5) is 5.69 Å². The minimum atomic E-state index is -1.08. The number of hydrogen-bond donors (Lipinski definition) is 3. The molecule has 10 nitrogen and oxygen atoms in total.